The SMILES string of the molecule is CC(C)C(CN(C)C)NCC(F)(F)F. The average molecular weight is 212 g/mol. The van der Waals surface area contributed by atoms with E-state index >= 15 is 0 Å². The van der Waals surface area contributed by atoms with E-state index in [0.29, 0.717) is 6.54 Å². The second-order valence-corrected chi connectivity index (χ2v) is 4.11. The van der Waals surface area contributed by atoms with Gasteiger partial charge in [-0.2, -0.15) is 13.2 Å². The van der Waals surface area contributed by atoms with E-state index in [1.54, 1.807) is 0 Å². The van der Waals surface area contributed by atoms with Gasteiger partial charge in [-0.1, -0.05) is 13.8 Å². The van der Waals surface area contributed by atoms with Crippen LogP contribution in [0.2, 0.25) is 0 Å². The number of nitrogens with zero attached hydrogens (tertiary/aromatic N) is 1. The summed E-state index contributed by atoms with van der Waals surface area (Å²) < 4.78 is 35.8. The van der Waals surface area contributed by atoms with Gasteiger partial charge in [0.05, 0.1) is 6.54 Å². The first kappa shape index (κ1) is 13.7. The normalized spacial score (nSPS) is 15.2. The molecule has 1 unspecified atom stereocenters. The van der Waals surface area contributed by atoms with E-state index in [0.717, 1.165) is 0 Å². The average Bonchev–Trinajstić information content (AvgIpc) is 1.94. The van der Waals surface area contributed by atoms with Gasteiger partial charge in [-0.05, 0) is 20.0 Å². The van der Waals surface area contributed by atoms with Crippen LogP contribution in [0, 0.1) is 5.92 Å². The first-order valence-electron chi connectivity index (χ1n) is 4.67. The maximum Gasteiger partial charge on any atom is 0.401 e. The second-order valence-electron chi connectivity index (χ2n) is 4.11. The molecule has 14 heavy (non-hydrogen) atoms. The Balaban J connectivity index is 3.98. The predicted octanol–water partition coefficient (Wildman–Crippen LogP) is 1.72. The Kier molecular flexibility index (Phi) is 5.44. The number of likely N-dealkylation sites (N-methyl/N-ethyl adjacent to an activating group) is 1. The molecular formula is C9H19F3N2. The van der Waals surface area contributed by atoms with Crippen LogP contribution in [0.1, 0.15) is 13.8 Å². The molecule has 1 N–H and O–H groups in total. The summed E-state index contributed by atoms with van der Waals surface area (Å²) in [5.74, 6) is 0.194. The third-order valence-corrected chi connectivity index (χ3v) is 1.93. The van der Waals surface area contributed by atoms with Gasteiger partial charge in [-0.3, -0.25) is 0 Å². The number of hydrogen-bond acceptors (Lipinski definition) is 2. The molecule has 86 valence electrons. The first-order chi connectivity index (χ1) is 6.22. The summed E-state index contributed by atoms with van der Waals surface area (Å²) in [6.07, 6.45) is -4.13. The number of rotatable bonds is 5. The van der Waals surface area contributed by atoms with Crippen molar-refractivity contribution in [3.8, 4) is 0 Å². The number of hydrogen-bond donors (Lipinski definition) is 1. The van der Waals surface area contributed by atoms with Gasteiger partial charge < -0.3 is 10.2 Å². The van der Waals surface area contributed by atoms with E-state index in [1.165, 1.54) is 0 Å². The van der Waals surface area contributed by atoms with E-state index in [9.17, 15) is 13.2 Å². The van der Waals surface area contributed by atoms with Crippen molar-refractivity contribution < 1.29 is 13.2 Å². The Hall–Kier alpha value is -0.290. The molecule has 1 atom stereocenters. The largest absolute Gasteiger partial charge is 0.401 e. The smallest absolute Gasteiger partial charge is 0.308 e. The molecule has 2 nitrogen and oxygen atoms in total. The highest BCUT2D eigenvalue weighted by Crippen LogP contribution is 2.14. The third-order valence-electron chi connectivity index (χ3n) is 1.93. The lowest BCUT2D eigenvalue weighted by Gasteiger charge is -2.26. The monoisotopic (exact) mass is 212 g/mol. The van der Waals surface area contributed by atoms with Crippen molar-refractivity contribution in [2.24, 2.45) is 5.92 Å². The fourth-order valence-corrected chi connectivity index (χ4v) is 1.15. The number of halogens is 3. The molecule has 5 heteroatoms. The van der Waals surface area contributed by atoms with Crippen LogP contribution in [-0.2, 0) is 0 Å². The molecule has 0 rings (SSSR count). The molecule has 0 aliphatic rings. The van der Waals surface area contributed by atoms with Gasteiger partial charge in [0.2, 0.25) is 0 Å². The van der Waals surface area contributed by atoms with Crippen molar-refractivity contribution in [2.45, 2.75) is 26.1 Å². The molecule has 0 fully saturated rings. The van der Waals surface area contributed by atoms with E-state index in [4.69, 9.17) is 0 Å². The molecular weight excluding hydrogens is 193 g/mol. The predicted molar refractivity (Wildman–Crippen MR) is 51.2 cm³/mol. The fourth-order valence-electron chi connectivity index (χ4n) is 1.15. The summed E-state index contributed by atoms with van der Waals surface area (Å²) >= 11 is 0. The zero-order valence-electron chi connectivity index (χ0n) is 9.15. The van der Waals surface area contributed by atoms with Gasteiger partial charge in [-0.15, -0.1) is 0 Å². The molecule has 0 amide bonds. The van der Waals surface area contributed by atoms with Gasteiger partial charge >= 0.3 is 6.18 Å². The van der Waals surface area contributed by atoms with Crippen LogP contribution < -0.4 is 5.32 Å². The molecule has 0 aromatic rings. The van der Waals surface area contributed by atoms with E-state index in [-0.39, 0.29) is 12.0 Å². The molecule has 0 heterocycles. The minimum absolute atomic E-state index is 0.119. The standard InChI is InChI=1S/C9H19F3N2/c1-7(2)8(5-14(3)4)13-6-9(10,11)12/h7-8,13H,5-6H2,1-4H3. The summed E-state index contributed by atoms with van der Waals surface area (Å²) in [6, 6.07) is -0.119. The number of alkyl halides is 3. The molecule has 0 aromatic heterocycles. The van der Waals surface area contributed by atoms with Crippen LogP contribution in [0.5, 0.6) is 0 Å². The van der Waals surface area contributed by atoms with Crippen LogP contribution in [0.25, 0.3) is 0 Å². The molecule has 0 saturated carbocycles. The fraction of sp³-hybridized carbons (Fsp3) is 1.00. The quantitative estimate of drug-likeness (QED) is 0.746. The summed E-state index contributed by atoms with van der Waals surface area (Å²) in [7, 11) is 3.70. The topological polar surface area (TPSA) is 15.3 Å². The molecule has 0 radical (unpaired) electrons. The summed E-state index contributed by atoms with van der Waals surface area (Å²) in [4.78, 5) is 1.88. The van der Waals surface area contributed by atoms with Gasteiger partial charge in [0.25, 0.3) is 0 Å². The van der Waals surface area contributed by atoms with E-state index in [2.05, 4.69) is 5.32 Å². The lowest BCUT2D eigenvalue weighted by Crippen LogP contribution is -2.45. The molecule has 0 aliphatic heterocycles. The Morgan fingerprint density at radius 2 is 1.71 bits per heavy atom. The second kappa shape index (κ2) is 5.56. The van der Waals surface area contributed by atoms with E-state index in [1.807, 2.05) is 32.8 Å². The highest BCUT2D eigenvalue weighted by atomic mass is 19.4. The van der Waals surface area contributed by atoms with Crippen molar-refractivity contribution in [1.29, 1.82) is 0 Å². The molecule has 0 aromatic carbocycles. The Labute approximate surface area is 83.5 Å². The van der Waals surface area contributed by atoms with Crippen molar-refractivity contribution in [3.05, 3.63) is 0 Å². The lowest BCUT2D eigenvalue weighted by molar-refractivity contribution is -0.127. The maximum atomic E-state index is 11.9. The van der Waals surface area contributed by atoms with Crippen LogP contribution in [0.4, 0.5) is 13.2 Å². The van der Waals surface area contributed by atoms with Crippen molar-refractivity contribution in [3.63, 3.8) is 0 Å². The van der Waals surface area contributed by atoms with Crippen molar-refractivity contribution in [2.75, 3.05) is 27.2 Å². The first-order valence-corrected chi connectivity index (χ1v) is 4.67. The van der Waals surface area contributed by atoms with Gasteiger partial charge in [-0.25, -0.2) is 0 Å². The summed E-state index contributed by atoms with van der Waals surface area (Å²) in [5, 5.41) is 2.52. The number of nitrogens with one attached hydrogen (secondary N) is 1. The van der Waals surface area contributed by atoms with Crippen molar-refractivity contribution >= 4 is 0 Å². The minimum atomic E-state index is -4.13. The zero-order valence-corrected chi connectivity index (χ0v) is 9.15. The van der Waals surface area contributed by atoms with Gasteiger partial charge in [0.15, 0.2) is 0 Å². The highest BCUT2D eigenvalue weighted by molar-refractivity contribution is 4.74. The van der Waals surface area contributed by atoms with Crippen LogP contribution in [0.3, 0.4) is 0 Å². The molecule has 0 spiro atoms. The summed E-state index contributed by atoms with van der Waals surface area (Å²) in [6.45, 7) is 3.53. The maximum absolute atomic E-state index is 11.9. The molecule has 0 bridgehead atoms. The summed E-state index contributed by atoms with van der Waals surface area (Å²) in [5.41, 5.74) is 0. The van der Waals surface area contributed by atoms with Crippen LogP contribution >= 0.6 is 0 Å². The van der Waals surface area contributed by atoms with E-state index < -0.39 is 12.7 Å². The van der Waals surface area contributed by atoms with Crippen LogP contribution in [-0.4, -0.2) is 44.3 Å². The van der Waals surface area contributed by atoms with Crippen LogP contribution in [0.15, 0.2) is 0 Å². The van der Waals surface area contributed by atoms with Crippen molar-refractivity contribution in [1.82, 2.24) is 10.2 Å². The van der Waals surface area contributed by atoms with Gasteiger partial charge in [0.1, 0.15) is 0 Å². The lowest BCUT2D eigenvalue weighted by atomic mass is 10.0. The Morgan fingerprint density at radius 3 is 2.00 bits per heavy atom. The molecule has 0 saturated heterocycles. The Bertz CT molecular complexity index is 155. The minimum Gasteiger partial charge on any atom is -0.308 e. The zero-order chi connectivity index (χ0) is 11.4. The highest BCUT2D eigenvalue weighted by Gasteiger charge is 2.28. The Morgan fingerprint density at radius 1 is 1.21 bits per heavy atom. The van der Waals surface area contributed by atoms with Gasteiger partial charge in [0, 0.05) is 12.6 Å². The third kappa shape index (κ3) is 7.15. The molecule has 0 aliphatic carbocycles.